The fourth-order valence-corrected chi connectivity index (χ4v) is 6.33. The molecule has 1 rings (SSSR count). The van der Waals surface area contributed by atoms with Crippen molar-refractivity contribution < 1.29 is 14.2 Å². The van der Waals surface area contributed by atoms with Gasteiger partial charge in [0.1, 0.15) is 17.2 Å². The van der Waals surface area contributed by atoms with Crippen LogP contribution in [0, 0.1) is 0 Å². The van der Waals surface area contributed by atoms with E-state index in [4.69, 9.17) is 14.2 Å². The SMILES string of the molecule is BrCCCCCCCCCCOc1cc(OCCCCCCCCCCBr)cc(OCCCCCCCCCCBr)c1. The van der Waals surface area contributed by atoms with E-state index in [1.807, 2.05) is 0 Å². The normalized spacial score (nSPS) is 11.2. The highest BCUT2D eigenvalue weighted by atomic mass is 79.9. The Kier molecular flexibility index (Phi) is 31.0. The molecule has 246 valence electrons. The predicted molar refractivity (Wildman–Crippen MR) is 195 cm³/mol. The lowest BCUT2D eigenvalue weighted by atomic mass is 10.1. The highest BCUT2D eigenvalue weighted by Gasteiger charge is 2.06. The number of rotatable bonds is 33. The van der Waals surface area contributed by atoms with Crippen LogP contribution in [0.5, 0.6) is 17.2 Å². The molecule has 0 aromatic heterocycles. The smallest absolute Gasteiger partial charge is 0.126 e. The van der Waals surface area contributed by atoms with E-state index in [-0.39, 0.29) is 0 Å². The van der Waals surface area contributed by atoms with Gasteiger partial charge in [0.25, 0.3) is 0 Å². The molecule has 3 nitrogen and oxygen atoms in total. The minimum atomic E-state index is 0.762. The number of hydrogen-bond acceptors (Lipinski definition) is 3. The van der Waals surface area contributed by atoms with Crippen molar-refractivity contribution in [2.24, 2.45) is 0 Å². The lowest BCUT2D eigenvalue weighted by Crippen LogP contribution is -2.02. The van der Waals surface area contributed by atoms with Crippen LogP contribution in [-0.4, -0.2) is 35.8 Å². The Morgan fingerprint density at radius 2 is 0.476 bits per heavy atom. The van der Waals surface area contributed by atoms with Crippen LogP contribution < -0.4 is 14.2 Å². The summed E-state index contributed by atoms with van der Waals surface area (Å²) < 4.78 is 18.5. The summed E-state index contributed by atoms with van der Waals surface area (Å²) in [4.78, 5) is 0. The summed E-state index contributed by atoms with van der Waals surface area (Å²) in [5, 5.41) is 3.42. The van der Waals surface area contributed by atoms with E-state index >= 15 is 0 Å². The minimum absolute atomic E-state index is 0.762. The highest BCUT2D eigenvalue weighted by molar-refractivity contribution is 9.09. The van der Waals surface area contributed by atoms with Crippen LogP contribution in [-0.2, 0) is 0 Å². The van der Waals surface area contributed by atoms with Crippen molar-refractivity contribution in [2.75, 3.05) is 35.8 Å². The average molecular weight is 784 g/mol. The second-order valence-electron chi connectivity index (χ2n) is 11.7. The maximum Gasteiger partial charge on any atom is 0.126 e. The molecule has 0 bridgehead atoms. The number of alkyl halides is 3. The quantitative estimate of drug-likeness (QED) is 0.0525. The Hall–Kier alpha value is 0.0600. The molecule has 0 saturated heterocycles. The third-order valence-corrected chi connectivity index (χ3v) is 9.43. The van der Waals surface area contributed by atoms with E-state index in [1.165, 1.54) is 135 Å². The summed E-state index contributed by atoms with van der Waals surface area (Å²) in [6.07, 6.45) is 31.2. The third-order valence-electron chi connectivity index (χ3n) is 7.74. The van der Waals surface area contributed by atoms with Gasteiger partial charge in [-0.2, -0.15) is 0 Å². The van der Waals surface area contributed by atoms with Crippen molar-refractivity contribution in [3.8, 4) is 17.2 Å². The molecule has 0 fully saturated rings. The molecule has 1 aromatic carbocycles. The molecule has 1 aromatic rings. The summed E-state index contributed by atoms with van der Waals surface area (Å²) in [5.41, 5.74) is 0. The van der Waals surface area contributed by atoms with Crippen LogP contribution >= 0.6 is 47.8 Å². The van der Waals surface area contributed by atoms with Gasteiger partial charge in [-0.05, 0) is 38.5 Å². The number of ether oxygens (including phenoxy) is 3. The number of hydrogen-bond donors (Lipinski definition) is 0. The molecule has 0 aliphatic carbocycles. The molecule has 0 saturated carbocycles. The lowest BCUT2D eigenvalue weighted by molar-refractivity contribution is 0.275. The molecule has 0 N–H and O–H groups in total. The van der Waals surface area contributed by atoms with E-state index in [2.05, 4.69) is 66.0 Å². The number of benzene rings is 1. The first-order valence-electron chi connectivity index (χ1n) is 17.5. The fourth-order valence-electron chi connectivity index (χ4n) is 5.14. The second-order valence-corrected chi connectivity index (χ2v) is 14.1. The molecule has 0 spiro atoms. The Morgan fingerprint density at radius 3 is 0.690 bits per heavy atom. The summed E-state index contributed by atoms with van der Waals surface area (Å²) in [7, 11) is 0. The Bertz CT molecular complexity index is 586. The number of unbranched alkanes of at least 4 members (excludes halogenated alkanes) is 21. The zero-order chi connectivity index (χ0) is 30.2. The molecule has 0 amide bonds. The molecular weight excluding hydrogens is 720 g/mol. The van der Waals surface area contributed by atoms with Crippen LogP contribution in [0.2, 0.25) is 0 Å². The van der Waals surface area contributed by atoms with Gasteiger partial charge in [-0.3, -0.25) is 0 Å². The van der Waals surface area contributed by atoms with Gasteiger partial charge in [0, 0.05) is 34.2 Å². The zero-order valence-corrected chi connectivity index (χ0v) is 31.6. The summed E-state index contributed by atoms with van der Waals surface area (Å²) >= 11 is 10.6. The summed E-state index contributed by atoms with van der Waals surface area (Å²) in [6, 6.07) is 6.16. The van der Waals surface area contributed by atoms with Gasteiger partial charge in [0.15, 0.2) is 0 Å². The summed E-state index contributed by atoms with van der Waals surface area (Å²) in [5.74, 6) is 2.64. The Morgan fingerprint density at radius 1 is 0.286 bits per heavy atom. The van der Waals surface area contributed by atoms with Gasteiger partial charge >= 0.3 is 0 Å². The first-order valence-corrected chi connectivity index (χ1v) is 20.9. The van der Waals surface area contributed by atoms with Crippen LogP contribution in [0.4, 0.5) is 0 Å². The molecule has 0 atom stereocenters. The maximum atomic E-state index is 6.18. The van der Waals surface area contributed by atoms with Crippen molar-refractivity contribution in [1.29, 1.82) is 0 Å². The van der Waals surface area contributed by atoms with Crippen molar-refractivity contribution in [1.82, 2.24) is 0 Å². The standard InChI is InChI=1S/C36H63Br3O3/c37-25-19-13-7-1-4-10-16-22-28-40-34-31-35(41-29-23-17-11-5-2-8-14-20-26-38)33-36(32-34)42-30-24-18-12-6-3-9-15-21-27-39/h31-33H,1-30H2. The van der Waals surface area contributed by atoms with E-state index in [9.17, 15) is 0 Å². The Balaban J connectivity index is 2.35. The van der Waals surface area contributed by atoms with Gasteiger partial charge in [0.2, 0.25) is 0 Å². The number of halogens is 3. The topological polar surface area (TPSA) is 27.7 Å². The van der Waals surface area contributed by atoms with Gasteiger partial charge in [0.05, 0.1) is 19.8 Å². The second kappa shape index (κ2) is 32.5. The van der Waals surface area contributed by atoms with Crippen molar-refractivity contribution in [3.63, 3.8) is 0 Å². The maximum absolute atomic E-state index is 6.18. The first-order chi connectivity index (χ1) is 20.8. The molecule has 0 radical (unpaired) electrons. The third kappa shape index (κ3) is 26.5. The summed E-state index contributed by atoms with van der Waals surface area (Å²) in [6.45, 7) is 2.29. The van der Waals surface area contributed by atoms with Crippen LogP contribution in [0.25, 0.3) is 0 Å². The van der Waals surface area contributed by atoms with Crippen molar-refractivity contribution in [2.45, 2.75) is 154 Å². The van der Waals surface area contributed by atoms with Crippen molar-refractivity contribution in [3.05, 3.63) is 18.2 Å². The molecule has 6 heteroatoms. The van der Waals surface area contributed by atoms with Gasteiger partial charge in [-0.25, -0.2) is 0 Å². The van der Waals surface area contributed by atoms with Crippen molar-refractivity contribution >= 4 is 47.8 Å². The van der Waals surface area contributed by atoms with Crippen LogP contribution in [0.1, 0.15) is 154 Å². The van der Waals surface area contributed by atoms with Crippen LogP contribution in [0.15, 0.2) is 18.2 Å². The molecule has 0 aliphatic heterocycles. The van der Waals surface area contributed by atoms with Gasteiger partial charge < -0.3 is 14.2 Å². The van der Waals surface area contributed by atoms with Crippen LogP contribution in [0.3, 0.4) is 0 Å². The average Bonchev–Trinajstić information content (AvgIpc) is 3.00. The highest BCUT2D eigenvalue weighted by Crippen LogP contribution is 2.29. The molecule has 0 unspecified atom stereocenters. The first kappa shape index (κ1) is 40.1. The van der Waals surface area contributed by atoms with E-state index < -0.39 is 0 Å². The Labute approximate surface area is 285 Å². The predicted octanol–water partition coefficient (Wildman–Crippen LogP) is 13.4. The van der Waals surface area contributed by atoms with E-state index in [0.29, 0.717) is 0 Å². The van der Waals surface area contributed by atoms with E-state index in [1.54, 1.807) is 0 Å². The van der Waals surface area contributed by atoms with E-state index in [0.717, 1.165) is 72.3 Å². The van der Waals surface area contributed by atoms with Gasteiger partial charge in [-0.1, -0.05) is 163 Å². The monoisotopic (exact) mass is 780 g/mol. The molecule has 42 heavy (non-hydrogen) atoms. The van der Waals surface area contributed by atoms with Gasteiger partial charge in [-0.15, -0.1) is 0 Å². The fraction of sp³-hybridized carbons (Fsp3) is 0.833. The molecular formula is C36H63Br3O3. The lowest BCUT2D eigenvalue weighted by Gasteiger charge is -2.13. The molecule has 0 aliphatic rings. The largest absolute Gasteiger partial charge is 0.493 e. The minimum Gasteiger partial charge on any atom is -0.493 e. The zero-order valence-electron chi connectivity index (χ0n) is 26.8. The molecule has 0 heterocycles.